The van der Waals surface area contributed by atoms with E-state index in [4.69, 9.17) is 14.6 Å². The predicted molar refractivity (Wildman–Crippen MR) is 276 cm³/mol. The van der Waals surface area contributed by atoms with Crippen molar-refractivity contribution in [1.82, 2.24) is 4.90 Å². The third-order valence-electron chi connectivity index (χ3n) is 13.3. The molecule has 2 atom stereocenters. The largest absolute Gasteiger partial charge is 0.465 e. The summed E-state index contributed by atoms with van der Waals surface area (Å²) in [7, 11) is 1.78. The summed E-state index contributed by atoms with van der Waals surface area (Å²) in [5.41, 5.74) is 0. The van der Waals surface area contributed by atoms with Crippen LogP contribution in [0.3, 0.4) is 0 Å². The summed E-state index contributed by atoms with van der Waals surface area (Å²) < 4.78 is 11.0. The fourth-order valence-electron chi connectivity index (χ4n) is 8.88. The van der Waals surface area contributed by atoms with Gasteiger partial charge in [-0.15, -0.1) is 0 Å². The monoisotopic (exact) mass is 894 g/mol. The highest BCUT2D eigenvalue weighted by molar-refractivity contribution is 5.72. The lowest BCUT2D eigenvalue weighted by Crippen LogP contribution is -2.27. The summed E-state index contributed by atoms with van der Waals surface area (Å²) in [6, 6.07) is 0. The van der Waals surface area contributed by atoms with Gasteiger partial charge in [0.15, 0.2) is 0 Å². The van der Waals surface area contributed by atoms with Crippen molar-refractivity contribution in [2.75, 3.05) is 46.6 Å². The van der Waals surface area contributed by atoms with Crippen molar-refractivity contribution < 1.29 is 24.2 Å². The van der Waals surface area contributed by atoms with Gasteiger partial charge in [0.05, 0.1) is 12.5 Å². The van der Waals surface area contributed by atoms with Crippen molar-refractivity contribution in [2.45, 2.75) is 297 Å². The summed E-state index contributed by atoms with van der Waals surface area (Å²) in [4.78, 5) is 26.7. The summed E-state index contributed by atoms with van der Waals surface area (Å²) in [6.07, 6.45) is 54.0. The molecule has 0 fully saturated rings. The number of rotatable bonds is 52. The van der Waals surface area contributed by atoms with Gasteiger partial charge in [-0.3, -0.25) is 4.79 Å². The van der Waals surface area contributed by atoms with Gasteiger partial charge in [-0.05, 0) is 83.8 Å². The third kappa shape index (κ3) is 51.9. The maximum Gasteiger partial charge on any atom is 0.308 e. The Balaban J connectivity index is 0. The van der Waals surface area contributed by atoms with Crippen LogP contribution in [0.1, 0.15) is 297 Å². The molecule has 0 aliphatic heterocycles. The topological polar surface area (TPSA) is 76.1 Å². The number of methoxy groups -OCH3 is 1. The molecule has 0 spiro atoms. The van der Waals surface area contributed by atoms with E-state index in [1.807, 2.05) is 0 Å². The highest BCUT2D eigenvalue weighted by atomic mass is 16.5. The first kappa shape index (κ1) is 64.1. The van der Waals surface area contributed by atoms with E-state index >= 15 is 0 Å². The quantitative estimate of drug-likeness (QED) is 0.0372. The summed E-state index contributed by atoms with van der Waals surface area (Å²) in [5.74, 6) is 0.529. The standard InChI is InChI=1S/C37H75NO4.C20H40O/c1-4-6-8-10-12-13-15-21-29-36(28-20-14-11-9-7-5-2)37(40)42-35-27-19-17-23-31-38(32-24-25-33-39)30-22-16-18-26-34-41-3;1-3-5-7-9-11-12-14-16-18-20(19-21)17-15-13-10-8-6-4-2/h36,39H,4-35H2,1-3H3;19-20H,3-18H2,1-2H3. The van der Waals surface area contributed by atoms with Gasteiger partial charge in [-0.2, -0.15) is 0 Å². The van der Waals surface area contributed by atoms with E-state index in [0.29, 0.717) is 19.1 Å². The lowest BCUT2D eigenvalue weighted by molar-refractivity contribution is -0.149. The molecular weight excluding hydrogens is 779 g/mol. The Hall–Kier alpha value is -0.980. The minimum Gasteiger partial charge on any atom is -0.465 e. The second-order valence-electron chi connectivity index (χ2n) is 19.5. The van der Waals surface area contributed by atoms with Crippen LogP contribution in [0.2, 0.25) is 0 Å². The van der Waals surface area contributed by atoms with Gasteiger partial charge < -0.3 is 24.3 Å². The van der Waals surface area contributed by atoms with Crippen molar-refractivity contribution in [3.8, 4) is 0 Å². The van der Waals surface area contributed by atoms with Crippen LogP contribution in [-0.2, 0) is 19.1 Å². The molecule has 63 heavy (non-hydrogen) atoms. The van der Waals surface area contributed by atoms with E-state index in [9.17, 15) is 9.59 Å². The lowest BCUT2D eigenvalue weighted by atomic mass is 9.94. The van der Waals surface area contributed by atoms with Gasteiger partial charge in [-0.1, -0.05) is 233 Å². The third-order valence-corrected chi connectivity index (χ3v) is 13.3. The van der Waals surface area contributed by atoms with Crippen LogP contribution in [0.15, 0.2) is 0 Å². The molecule has 0 rings (SSSR count). The van der Waals surface area contributed by atoms with E-state index in [0.717, 1.165) is 84.0 Å². The lowest BCUT2D eigenvalue weighted by Gasteiger charge is -2.22. The van der Waals surface area contributed by atoms with Crippen LogP contribution in [0.25, 0.3) is 0 Å². The number of hydrogen-bond acceptors (Lipinski definition) is 6. The molecule has 0 aromatic rings. The summed E-state index contributed by atoms with van der Waals surface area (Å²) in [6.45, 7) is 14.2. The maximum absolute atomic E-state index is 13.0. The van der Waals surface area contributed by atoms with Crippen LogP contribution in [0, 0.1) is 11.8 Å². The fourth-order valence-corrected chi connectivity index (χ4v) is 8.88. The zero-order valence-corrected chi connectivity index (χ0v) is 43.7. The van der Waals surface area contributed by atoms with Crippen LogP contribution < -0.4 is 0 Å². The Kier molecular flexibility index (Phi) is 58.1. The molecule has 0 heterocycles. The Labute approximate surface area is 395 Å². The molecule has 378 valence electrons. The maximum atomic E-state index is 13.0. The number of unbranched alkanes of at least 4 members (excludes halogenated alkanes) is 31. The second kappa shape index (κ2) is 57.1. The van der Waals surface area contributed by atoms with Gasteiger partial charge in [0, 0.05) is 26.2 Å². The van der Waals surface area contributed by atoms with Crippen molar-refractivity contribution in [2.24, 2.45) is 11.8 Å². The molecule has 2 unspecified atom stereocenters. The molecule has 0 aromatic carbocycles. The van der Waals surface area contributed by atoms with Crippen LogP contribution in [-0.4, -0.2) is 68.8 Å². The SMILES string of the molecule is CCCCCCCCCCC(C=O)CCCCCCCC.CCCCCCCCCCC(CCCCCCCC)C(=O)OCCCCCCN(CCCCO)CCCCCCOC. The number of aldehydes is 1. The number of hydrogen-bond donors (Lipinski definition) is 1. The van der Waals surface area contributed by atoms with Crippen LogP contribution in [0.5, 0.6) is 0 Å². The van der Waals surface area contributed by atoms with Gasteiger partial charge in [-0.25, -0.2) is 0 Å². The molecule has 0 bridgehead atoms. The van der Waals surface area contributed by atoms with E-state index in [-0.39, 0.29) is 11.9 Å². The molecule has 0 saturated carbocycles. The zero-order chi connectivity index (χ0) is 46.4. The smallest absolute Gasteiger partial charge is 0.308 e. The predicted octanol–water partition coefficient (Wildman–Crippen LogP) is 17.4. The molecule has 6 heteroatoms. The molecule has 0 aliphatic rings. The Morgan fingerprint density at radius 1 is 0.429 bits per heavy atom. The summed E-state index contributed by atoms with van der Waals surface area (Å²) in [5, 5.41) is 9.16. The number of aliphatic hydroxyl groups excluding tert-OH is 1. The molecule has 0 saturated heterocycles. The first-order chi connectivity index (χ1) is 31.0. The Morgan fingerprint density at radius 3 is 1.11 bits per heavy atom. The van der Waals surface area contributed by atoms with E-state index < -0.39 is 0 Å². The van der Waals surface area contributed by atoms with Crippen molar-refractivity contribution in [1.29, 1.82) is 0 Å². The average molecular weight is 895 g/mol. The van der Waals surface area contributed by atoms with Crippen molar-refractivity contribution >= 4 is 12.3 Å². The molecule has 0 aliphatic carbocycles. The number of carbonyl (C=O) groups is 2. The number of aliphatic hydroxyl groups is 1. The first-order valence-corrected chi connectivity index (χ1v) is 28.5. The fraction of sp³-hybridized carbons (Fsp3) is 0.965. The molecule has 0 radical (unpaired) electrons. The molecule has 6 nitrogen and oxygen atoms in total. The average Bonchev–Trinajstić information content (AvgIpc) is 3.29. The van der Waals surface area contributed by atoms with Crippen molar-refractivity contribution in [3.63, 3.8) is 0 Å². The molecule has 0 amide bonds. The van der Waals surface area contributed by atoms with Gasteiger partial charge in [0.1, 0.15) is 6.29 Å². The van der Waals surface area contributed by atoms with Gasteiger partial charge in [0.25, 0.3) is 0 Å². The Morgan fingerprint density at radius 2 is 0.746 bits per heavy atom. The van der Waals surface area contributed by atoms with E-state index in [1.165, 1.54) is 218 Å². The zero-order valence-electron chi connectivity index (χ0n) is 43.7. The van der Waals surface area contributed by atoms with E-state index in [2.05, 4.69) is 32.6 Å². The highest BCUT2D eigenvalue weighted by Gasteiger charge is 2.19. The minimum absolute atomic E-state index is 0.0760. The normalized spacial score (nSPS) is 12.4. The Bertz CT molecular complexity index is 854. The number of nitrogens with zero attached hydrogens (tertiary/aromatic N) is 1. The van der Waals surface area contributed by atoms with Crippen LogP contribution in [0.4, 0.5) is 0 Å². The molecule has 0 aromatic heterocycles. The van der Waals surface area contributed by atoms with Crippen LogP contribution >= 0.6 is 0 Å². The highest BCUT2D eigenvalue weighted by Crippen LogP contribution is 2.22. The van der Waals surface area contributed by atoms with E-state index in [1.54, 1.807) is 7.11 Å². The van der Waals surface area contributed by atoms with Gasteiger partial charge in [0.2, 0.25) is 0 Å². The first-order valence-electron chi connectivity index (χ1n) is 28.5. The number of ether oxygens (including phenoxy) is 2. The second-order valence-corrected chi connectivity index (χ2v) is 19.5. The van der Waals surface area contributed by atoms with Crippen molar-refractivity contribution in [3.05, 3.63) is 0 Å². The number of esters is 1. The summed E-state index contributed by atoms with van der Waals surface area (Å²) >= 11 is 0. The molecular formula is C57H115NO5. The minimum atomic E-state index is 0.0760. The number of carbonyl (C=O) groups excluding carboxylic acids is 2. The molecule has 1 N–H and O–H groups in total. The van der Waals surface area contributed by atoms with Gasteiger partial charge >= 0.3 is 5.97 Å².